The Morgan fingerprint density at radius 2 is 2.08 bits per heavy atom. The molecule has 0 aliphatic carbocycles. The molecule has 2 aromatic rings. The Balaban J connectivity index is 2.95. The van der Waals surface area contributed by atoms with Crippen LogP contribution < -0.4 is 5.63 Å². The number of halogens is 1. The van der Waals surface area contributed by atoms with Gasteiger partial charge < -0.3 is 4.42 Å². The number of aryl methyl sites for hydroxylation is 1. The SMILES string of the molecule is Cc1cc(Br)c2oc(=O)ccc2c1. The molecule has 0 N–H and O–H groups in total. The van der Waals surface area contributed by atoms with Crippen molar-refractivity contribution in [1.82, 2.24) is 0 Å². The van der Waals surface area contributed by atoms with Crippen LogP contribution in [0.15, 0.2) is 37.9 Å². The van der Waals surface area contributed by atoms with Gasteiger partial charge in [-0.1, -0.05) is 0 Å². The summed E-state index contributed by atoms with van der Waals surface area (Å²) in [4.78, 5) is 10.9. The molecule has 0 amide bonds. The van der Waals surface area contributed by atoms with E-state index in [1.54, 1.807) is 6.07 Å². The van der Waals surface area contributed by atoms with Crippen LogP contribution in [0.2, 0.25) is 0 Å². The van der Waals surface area contributed by atoms with Gasteiger partial charge in [0.1, 0.15) is 0 Å². The summed E-state index contributed by atoms with van der Waals surface area (Å²) in [6, 6.07) is 7.08. The maximum atomic E-state index is 10.9. The van der Waals surface area contributed by atoms with E-state index in [1.165, 1.54) is 6.07 Å². The van der Waals surface area contributed by atoms with E-state index in [2.05, 4.69) is 15.9 Å². The van der Waals surface area contributed by atoms with E-state index < -0.39 is 0 Å². The molecule has 13 heavy (non-hydrogen) atoms. The molecular weight excluding hydrogens is 232 g/mol. The molecule has 0 aliphatic heterocycles. The normalized spacial score (nSPS) is 10.6. The summed E-state index contributed by atoms with van der Waals surface area (Å²) in [5.41, 5.74) is 1.42. The Morgan fingerprint density at radius 3 is 2.85 bits per heavy atom. The van der Waals surface area contributed by atoms with Crippen LogP contribution in [0.1, 0.15) is 5.56 Å². The summed E-state index contributed by atoms with van der Waals surface area (Å²) in [5.74, 6) is 0. The fraction of sp³-hybridized carbons (Fsp3) is 0.100. The van der Waals surface area contributed by atoms with Crippen molar-refractivity contribution in [3.8, 4) is 0 Å². The molecule has 1 aromatic carbocycles. The first kappa shape index (κ1) is 8.51. The van der Waals surface area contributed by atoms with E-state index in [-0.39, 0.29) is 5.63 Å². The van der Waals surface area contributed by atoms with Crippen LogP contribution in [-0.2, 0) is 0 Å². The lowest BCUT2D eigenvalue weighted by atomic mass is 10.2. The average molecular weight is 239 g/mol. The van der Waals surface area contributed by atoms with Gasteiger partial charge in [-0.15, -0.1) is 0 Å². The van der Waals surface area contributed by atoms with Gasteiger partial charge in [0.15, 0.2) is 5.58 Å². The lowest BCUT2D eigenvalue weighted by Gasteiger charge is -1.99. The molecule has 66 valence electrons. The molecule has 0 spiro atoms. The number of benzene rings is 1. The van der Waals surface area contributed by atoms with Crippen LogP contribution in [0.3, 0.4) is 0 Å². The first-order valence-corrected chi connectivity index (χ1v) is 4.66. The first-order chi connectivity index (χ1) is 6.16. The molecule has 0 radical (unpaired) electrons. The van der Waals surface area contributed by atoms with Crippen LogP contribution in [-0.4, -0.2) is 0 Å². The summed E-state index contributed by atoms with van der Waals surface area (Å²) in [7, 11) is 0. The maximum Gasteiger partial charge on any atom is 0.336 e. The number of hydrogen-bond donors (Lipinski definition) is 0. The summed E-state index contributed by atoms with van der Waals surface area (Å²) >= 11 is 3.35. The van der Waals surface area contributed by atoms with Gasteiger partial charge in [-0.05, 0) is 46.6 Å². The molecule has 0 atom stereocenters. The van der Waals surface area contributed by atoms with Crippen molar-refractivity contribution in [3.63, 3.8) is 0 Å². The monoisotopic (exact) mass is 238 g/mol. The van der Waals surface area contributed by atoms with E-state index in [9.17, 15) is 4.79 Å². The zero-order valence-electron chi connectivity index (χ0n) is 7.00. The Kier molecular flexibility index (Phi) is 1.96. The van der Waals surface area contributed by atoms with Gasteiger partial charge in [0.2, 0.25) is 0 Å². The standard InChI is InChI=1S/C10H7BrO2/c1-6-4-7-2-3-9(12)13-10(7)8(11)5-6/h2-5H,1H3. The maximum absolute atomic E-state index is 10.9. The molecule has 0 saturated heterocycles. The second-order valence-electron chi connectivity index (χ2n) is 2.92. The fourth-order valence-corrected chi connectivity index (χ4v) is 1.95. The van der Waals surface area contributed by atoms with Gasteiger partial charge in [0, 0.05) is 11.5 Å². The van der Waals surface area contributed by atoms with Gasteiger partial charge in [-0.2, -0.15) is 0 Å². The second kappa shape index (κ2) is 3.00. The van der Waals surface area contributed by atoms with Crippen LogP contribution in [0, 0.1) is 6.92 Å². The van der Waals surface area contributed by atoms with Crippen molar-refractivity contribution in [3.05, 3.63) is 44.7 Å². The molecule has 0 fully saturated rings. The third-order valence-electron chi connectivity index (χ3n) is 1.82. The van der Waals surface area contributed by atoms with E-state index in [0.717, 1.165) is 15.4 Å². The third kappa shape index (κ3) is 1.52. The summed E-state index contributed by atoms with van der Waals surface area (Å²) < 4.78 is 5.86. The van der Waals surface area contributed by atoms with Gasteiger partial charge >= 0.3 is 5.63 Å². The Morgan fingerprint density at radius 1 is 1.31 bits per heavy atom. The van der Waals surface area contributed by atoms with Gasteiger partial charge in [-0.3, -0.25) is 0 Å². The van der Waals surface area contributed by atoms with Crippen molar-refractivity contribution >= 4 is 26.9 Å². The minimum absolute atomic E-state index is 0.322. The van der Waals surface area contributed by atoms with Gasteiger partial charge in [0.05, 0.1) is 4.47 Å². The molecule has 0 bridgehead atoms. The summed E-state index contributed by atoms with van der Waals surface area (Å²) in [6.07, 6.45) is 0. The van der Waals surface area contributed by atoms with Crippen molar-refractivity contribution in [2.45, 2.75) is 6.92 Å². The third-order valence-corrected chi connectivity index (χ3v) is 2.41. The molecule has 2 nitrogen and oxygen atoms in total. The van der Waals surface area contributed by atoms with Crippen molar-refractivity contribution in [1.29, 1.82) is 0 Å². The Labute approximate surface area is 83.3 Å². The minimum Gasteiger partial charge on any atom is -0.422 e. The van der Waals surface area contributed by atoms with E-state index in [4.69, 9.17) is 4.42 Å². The number of hydrogen-bond acceptors (Lipinski definition) is 2. The number of fused-ring (bicyclic) bond motifs is 1. The topological polar surface area (TPSA) is 30.2 Å². The van der Waals surface area contributed by atoms with Crippen LogP contribution in [0.5, 0.6) is 0 Å². The molecule has 0 saturated carbocycles. The van der Waals surface area contributed by atoms with Crippen molar-refractivity contribution in [2.75, 3.05) is 0 Å². The second-order valence-corrected chi connectivity index (χ2v) is 3.77. The highest BCUT2D eigenvalue weighted by Crippen LogP contribution is 2.23. The zero-order chi connectivity index (χ0) is 9.42. The van der Waals surface area contributed by atoms with Crippen LogP contribution >= 0.6 is 15.9 Å². The highest BCUT2D eigenvalue weighted by Gasteiger charge is 2.02. The van der Waals surface area contributed by atoms with Crippen LogP contribution in [0.4, 0.5) is 0 Å². The highest BCUT2D eigenvalue weighted by molar-refractivity contribution is 9.10. The summed E-state index contributed by atoms with van der Waals surface area (Å²) in [5, 5.41) is 0.937. The molecule has 3 heteroatoms. The van der Waals surface area contributed by atoms with Gasteiger partial charge in [-0.25, -0.2) is 4.79 Å². The smallest absolute Gasteiger partial charge is 0.336 e. The lowest BCUT2D eigenvalue weighted by molar-refractivity contribution is 0.559. The highest BCUT2D eigenvalue weighted by atomic mass is 79.9. The molecule has 2 rings (SSSR count). The lowest BCUT2D eigenvalue weighted by Crippen LogP contribution is -1.94. The minimum atomic E-state index is -0.322. The average Bonchev–Trinajstić information content (AvgIpc) is 2.06. The predicted molar refractivity (Wildman–Crippen MR) is 54.9 cm³/mol. The number of rotatable bonds is 0. The molecule has 1 aromatic heterocycles. The van der Waals surface area contributed by atoms with Crippen LogP contribution in [0.25, 0.3) is 11.0 Å². The fourth-order valence-electron chi connectivity index (χ4n) is 1.28. The molecule has 1 heterocycles. The first-order valence-electron chi connectivity index (χ1n) is 3.87. The largest absolute Gasteiger partial charge is 0.422 e. The van der Waals surface area contributed by atoms with Gasteiger partial charge in [0.25, 0.3) is 0 Å². The van der Waals surface area contributed by atoms with E-state index in [1.807, 2.05) is 19.1 Å². The van der Waals surface area contributed by atoms with Crippen molar-refractivity contribution in [2.24, 2.45) is 0 Å². The van der Waals surface area contributed by atoms with Crippen molar-refractivity contribution < 1.29 is 4.42 Å². The predicted octanol–water partition coefficient (Wildman–Crippen LogP) is 2.86. The quantitative estimate of drug-likeness (QED) is 0.661. The van der Waals surface area contributed by atoms with E-state index in [0.29, 0.717) is 5.58 Å². The molecule has 0 aliphatic rings. The zero-order valence-corrected chi connectivity index (χ0v) is 8.59. The molecule has 0 unspecified atom stereocenters. The summed E-state index contributed by atoms with van der Waals surface area (Å²) in [6.45, 7) is 2.00. The Hall–Kier alpha value is -1.09. The Bertz CT molecular complexity index is 514. The molecular formula is C10H7BrO2. The van der Waals surface area contributed by atoms with E-state index >= 15 is 0 Å².